The van der Waals surface area contributed by atoms with Gasteiger partial charge in [-0.25, -0.2) is 0 Å². The zero-order chi connectivity index (χ0) is 16.4. The van der Waals surface area contributed by atoms with Crippen molar-refractivity contribution in [2.45, 2.75) is 45.2 Å². The molecular weight excluding hydrogens is 290 g/mol. The fourth-order valence-corrected chi connectivity index (χ4v) is 2.90. The number of nitro groups is 2. The van der Waals surface area contributed by atoms with Crippen molar-refractivity contribution in [3.63, 3.8) is 0 Å². The molecule has 118 valence electrons. The Hall–Kier alpha value is -2.51. The number of carbonyl (C=O) groups is 1. The highest BCUT2D eigenvalue weighted by atomic mass is 16.6. The molecule has 1 aromatic carbocycles. The minimum absolute atomic E-state index is 0.00886. The SMILES string of the molecule is C[C@H]1CCC[C@H](C)N1C(=O)c1cc([N+](=O)[O-])cc([N+](=O)[O-])c1. The molecule has 22 heavy (non-hydrogen) atoms. The molecule has 8 nitrogen and oxygen atoms in total. The van der Waals surface area contributed by atoms with E-state index in [2.05, 4.69) is 0 Å². The van der Waals surface area contributed by atoms with Crippen LogP contribution in [0.5, 0.6) is 0 Å². The zero-order valence-corrected chi connectivity index (χ0v) is 12.4. The monoisotopic (exact) mass is 307 g/mol. The third-order valence-corrected chi connectivity index (χ3v) is 4.00. The van der Waals surface area contributed by atoms with Crippen LogP contribution in [0.3, 0.4) is 0 Å². The highest BCUT2D eigenvalue weighted by molar-refractivity contribution is 5.96. The van der Waals surface area contributed by atoms with Crippen LogP contribution in [0, 0.1) is 20.2 Å². The first-order valence-corrected chi connectivity index (χ1v) is 7.07. The predicted octanol–water partition coefficient (Wildman–Crippen LogP) is 2.91. The van der Waals surface area contributed by atoms with Gasteiger partial charge < -0.3 is 4.90 Å². The Morgan fingerprint density at radius 3 is 1.91 bits per heavy atom. The van der Waals surface area contributed by atoms with Crippen LogP contribution >= 0.6 is 0 Å². The largest absolute Gasteiger partial charge is 0.333 e. The van der Waals surface area contributed by atoms with E-state index < -0.39 is 27.1 Å². The minimum Gasteiger partial charge on any atom is -0.333 e. The number of benzene rings is 1. The van der Waals surface area contributed by atoms with E-state index >= 15 is 0 Å². The lowest BCUT2D eigenvalue weighted by atomic mass is 9.96. The normalized spacial score (nSPS) is 21.5. The fraction of sp³-hybridized carbons (Fsp3) is 0.500. The molecule has 1 aromatic rings. The maximum Gasteiger partial charge on any atom is 0.277 e. The third kappa shape index (κ3) is 3.05. The van der Waals surface area contributed by atoms with Crippen molar-refractivity contribution in [3.05, 3.63) is 44.0 Å². The Balaban J connectivity index is 2.44. The molecule has 0 N–H and O–H groups in total. The summed E-state index contributed by atoms with van der Waals surface area (Å²) in [5, 5.41) is 21.8. The van der Waals surface area contributed by atoms with Crippen LogP contribution in [0.1, 0.15) is 43.5 Å². The number of nitro benzene ring substituents is 2. The molecule has 8 heteroatoms. The third-order valence-electron chi connectivity index (χ3n) is 4.00. The molecule has 0 spiro atoms. The van der Waals surface area contributed by atoms with Gasteiger partial charge in [0.15, 0.2) is 0 Å². The van der Waals surface area contributed by atoms with Gasteiger partial charge in [-0.3, -0.25) is 25.0 Å². The maximum atomic E-state index is 12.7. The zero-order valence-electron chi connectivity index (χ0n) is 12.4. The van der Waals surface area contributed by atoms with Crippen molar-refractivity contribution in [1.82, 2.24) is 4.90 Å². The van der Waals surface area contributed by atoms with E-state index in [1.54, 1.807) is 4.90 Å². The molecule has 0 bridgehead atoms. The van der Waals surface area contributed by atoms with Crippen molar-refractivity contribution < 1.29 is 14.6 Å². The predicted molar refractivity (Wildman–Crippen MR) is 78.7 cm³/mol. The molecule has 2 atom stereocenters. The summed E-state index contributed by atoms with van der Waals surface area (Å²) in [6.07, 6.45) is 2.72. The number of piperidine rings is 1. The number of hydrogen-bond donors (Lipinski definition) is 0. The van der Waals surface area contributed by atoms with Crippen molar-refractivity contribution in [2.75, 3.05) is 0 Å². The average Bonchev–Trinajstić information content (AvgIpc) is 2.46. The maximum absolute atomic E-state index is 12.7. The molecular formula is C14H17N3O5. The standard InChI is InChI=1S/C14H17N3O5/c1-9-4-3-5-10(2)15(9)14(18)11-6-12(16(19)20)8-13(7-11)17(21)22/h6-10H,3-5H2,1-2H3/t9-,10-/m0/s1. The Bertz CT molecular complexity index is 589. The number of amides is 1. The summed E-state index contributed by atoms with van der Waals surface area (Å²) in [5.74, 6) is -0.397. The van der Waals surface area contributed by atoms with E-state index in [-0.39, 0.29) is 17.6 Å². The molecule has 1 heterocycles. The number of likely N-dealkylation sites (tertiary alicyclic amines) is 1. The van der Waals surface area contributed by atoms with Crippen LogP contribution < -0.4 is 0 Å². The number of carbonyl (C=O) groups excluding carboxylic acids is 1. The Morgan fingerprint density at radius 1 is 1.05 bits per heavy atom. The fourth-order valence-electron chi connectivity index (χ4n) is 2.90. The van der Waals surface area contributed by atoms with Crippen molar-refractivity contribution in [2.24, 2.45) is 0 Å². The quantitative estimate of drug-likeness (QED) is 0.630. The highest BCUT2D eigenvalue weighted by Gasteiger charge is 2.31. The molecule has 1 saturated heterocycles. The van der Waals surface area contributed by atoms with Gasteiger partial charge in [0, 0.05) is 24.2 Å². The second kappa shape index (κ2) is 6.08. The summed E-state index contributed by atoms with van der Waals surface area (Å²) in [4.78, 5) is 34.7. The Morgan fingerprint density at radius 2 is 1.50 bits per heavy atom. The van der Waals surface area contributed by atoms with Gasteiger partial charge in [-0.2, -0.15) is 0 Å². The van der Waals surface area contributed by atoms with Gasteiger partial charge in [0.05, 0.1) is 21.5 Å². The van der Waals surface area contributed by atoms with Crippen LogP contribution in [0.2, 0.25) is 0 Å². The number of nitrogens with zero attached hydrogens (tertiary/aromatic N) is 3. The number of non-ortho nitro benzene ring substituents is 2. The number of rotatable bonds is 3. The van der Waals surface area contributed by atoms with Crippen molar-refractivity contribution in [1.29, 1.82) is 0 Å². The van der Waals surface area contributed by atoms with Crippen LogP contribution in [0.4, 0.5) is 11.4 Å². The lowest BCUT2D eigenvalue weighted by molar-refractivity contribution is -0.394. The summed E-state index contributed by atoms with van der Waals surface area (Å²) in [5.41, 5.74) is -0.911. The lowest BCUT2D eigenvalue weighted by Gasteiger charge is -2.39. The summed E-state index contributed by atoms with van der Waals surface area (Å²) >= 11 is 0. The minimum atomic E-state index is -0.729. The van der Waals surface area contributed by atoms with Crippen LogP contribution in [-0.4, -0.2) is 32.7 Å². The Labute approximate surface area is 127 Å². The highest BCUT2D eigenvalue weighted by Crippen LogP contribution is 2.28. The first-order valence-electron chi connectivity index (χ1n) is 7.07. The molecule has 0 saturated carbocycles. The summed E-state index contributed by atoms with van der Waals surface area (Å²) in [6.45, 7) is 3.83. The van der Waals surface area contributed by atoms with E-state index in [1.165, 1.54) is 0 Å². The molecule has 0 radical (unpaired) electrons. The van der Waals surface area contributed by atoms with Gasteiger partial charge >= 0.3 is 0 Å². The van der Waals surface area contributed by atoms with Gasteiger partial charge in [-0.15, -0.1) is 0 Å². The van der Waals surface area contributed by atoms with Crippen LogP contribution in [-0.2, 0) is 0 Å². The molecule has 1 fully saturated rings. The van der Waals surface area contributed by atoms with Crippen molar-refractivity contribution in [3.8, 4) is 0 Å². The first kappa shape index (κ1) is 15.9. The Kier molecular flexibility index (Phi) is 4.39. The van der Waals surface area contributed by atoms with E-state index in [1.807, 2.05) is 13.8 Å². The summed E-state index contributed by atoms with van der Waals surface area (Å²) < 4.78 is 0. The van der Waals surface area contributed by atoms with E-state index in [0.717, 1.165) is 37.5 Å². The van der Waals surface area contributed by atoms with Crippen LogP contribution in [0.15, 0.2) is 18.2 Å². The molecule has 0 aliphatic carbocycles. The molecule has 0 aromatic heterocycles. The summed E-state index contributed by atoms with van der Waals surface area (Å²) in [6, 6.07) is 3.08. The van der Waals surface area contributed by atoms with Gasteiger partial charge in [0.1, 0.15) is 0 Å². The van der Waals surface area contributed by atoms with Gasteiger partial charge in [-0.05, 0) is 33.1 Å². The topological polar surface area (TPSA) is 107 Å². The lowest BCUT2D eigenvalue weighted by Crippen LogP contribution is -2.47. The number of hydrogen-bond acceptors (Lipinski definition) is 5. The molecule has 2 rings (SSSR count). The van der Waals surface area contributed by atoms with E-state index in [9.17, 15) is 25.0 Å². The second-order valence-corrected chi connectivity index (χ2v) is 5.59. The molecule has 1 aliphatic heterocycles. The average molecular weight is 307 g/mol. The smallest absolute Gasteiger partial charge is 0.277 e. The second-order valence-electron chi connectivity index (χ2n) is 5.59. The molecule has 1 aliphatic rings. The van der Waals surface area contributed by atoms with Gasteiger partial charge in [0.25, 0.3) is 17.3 Å². The van der Waals surface area contributed by atoms with Gasteiger partial charge in [0.2, 0.25) is 0 Å². The van der Waals surface area contributed by atoms with E-state index in [0.29, 0.717) is 0 Å². The van der Waals surface area contributed by atoms with Crippen molar-refractivity contribution >= 4 is 17.3 Å². The molecule has 1 amide bonds. The van der Waals surface area contributed by atoms with Crippen LogP contribution in [0.25, 0.3) is 0 Å². The summed E-state index contributed by atoms with van der Waals surface area (Å²) in [7, 11) is 0. The van der Waals surface area contributed by atoms with E-state index in [4.69, 9.17) is 0 Å². The van der Waals surface area contributed by atoms with Gasteiger partial charge in [-0.1, -0.05) is 0 Å². The first-order chi connectivity index (χ1) is 10.3. The molecule has 0 unspecified atom stereocenters.